The second-order valence-electron chi connectivity index (χ2n) is 4.68. The van der Waals surface area contributed by atoms with Crippen molar-refractivity contribution in [2.24, 2.45) is 0 Å². The maximum absolute atomic E-state index is 9.44. The number of aromatic hydroxyl groups is 1. The van der Waals surface area contributed by atoms with Crippen molar-refractivity contribution >= 4 is 0 Å². The minimum absolute atomic E-state index is 0.321. The van der Waals surface area contributed by atoms with Gasteiger partial charge in [0.2, 0.25) is 0 Å². The van der Waals surface area contributed by atoms with Gasteiger partial charge in [0.25, 0.3) is 0 Å². The number of ether oxygens (including phenoxy) is 2. The zero-order valence-electron chi connectivity index (χ0n) is 11.9. The Morgan fingerprint density at radius 3 is 2.45 bits per heavy atom. The first kappa shape index (κ1) is 14.3. The standard InChI is InChI=1S/C17H20O3/c1-19-16-11-5-9-14(17(16)20-2)8-3-6-13-7-4-10-15(18)12-13/h4-5,7,9-12,18H,3,6,8H2,1-2H3. The summed E-state index contributed by atoms with van der Waals surface area (Å²) < 4.78 is 10.7. The van der Waals surface area contributed by atoms with E-state index in [0.29, 0.717) is 5.75 Å². The zero-order valence-corrected chi connectivity index (χ0v) is 11.9. The Morgan fingerprint density at radius 2 is 1.75 bits per heavy atom. The third-order valence-electron chi connectivity index (χ3n) is 3.31. The van der Waals surface area contributed by atoms with Crippen LogP contribution in [-0.4, -0.2) is 19.3 Å². The van der Waals surface area contributed by atoms with Crippen molar-refractivity contribution in [3.05, 3.63) is 53.6 Å². The molecule has 0 bridgehead atoms. The third kappa shape index (κ3) is 3.44. The van der Waals surface area contributed by atoms with Gasteiger partial charge in [0, 0.05) is 0 Å². The molecule has 2 aromatic rings. The van der Waals surface area contributed by atoms with Crippen LogP contribution in [0, 0.1) is 0 Å². The summed E-state index contributed by atoms with van der Waals surface area (Å²) in [6.07, 6.45) is 2.83. The van der Waals surface area contributed by atoms with E-state index in [4.69, 9.17) is 9.47 Å². The van der Waals surface area contributed by atoms with E-state index in [1.165, 1.54) is 0 Å². The Labute approximate surface area is 119 Å². The topological polar surface area (TPSA) is 38.7 Å². The van der Waals surface area contributed by atoms with Gasteiger partial charge in [0.15, 0.2) is 11.5 Å². The first-order valence-corrected chi connectivity index (χ1v) is 6.72. The van der Waals surface area contributed by atoms with Gasteiger partial charge in [-0.3, -0.25) is 0 Å². The summed E-state index contributed by atoms with van der Waals surface area (Å²) in [6, 6.07) is 13.3. The molecule has 0 saturated heterocycles. The lowest BCUT2D eigenvalue weighted by Gasteiger charge is -2.12. The highest BCUT2D eigenvalue weighted by atomic mass is 16.5. The molecule has 0 saturated carbocycles. The van der Waals surface area contributed by atoms with Crippen LogP contribution in [0.3, 0.4) is 0 Å². The molecule has 0 radical (unpaired) electrons. The Hall–Kier alpha value is -2.16. The summed E-state index contributed by atoms with van der Waals surface area (Å²) in [7, 11) is 3.31. The van der Waals surface area contributed by atoms with Gasteiger partial charge in [-0.15, -0.1) is 0 Å². The molecule has 2 aromatic carbocycles. The van der Waals surface area contributed by atoms with E-state index >= 15 is 0 Å². The van der Waals surface area contributed by atoms with Gasteiger partial charge in [0.1, 0.15) is 5.75 Å². The first-order chi connectivity index (χ1) is 9.74. The van der Waals surface area contributed by atoms with E-state index in [1.807, 2.05) is 30.3 Å². The van der Waals surface area contributed by atoms with E-state index in [9.17, 15) is 5.11 Å². The average molecular weight is 272 g/mol. The van der Waals surface area contributed by atoms with Gasteiger partial charge in [-0.05, 0) is 48.6 Å². The van der Waals surface area contributed by atoms with Crippen molar-refractivity contribution in [2.45, 2.75) is 19.3 Å². The van der Waals surface area contributed by atoms with E-state index in [2.05, 4.69) is 6.07 Å². The highest BCUT2D eigenvalue weighted by molar-refractivity contribution is 5.46. The Kier molecular flexibility index (Phi) is 4.88. The van der Waals surface area contributed by atoms with Crippen LogP contribution >= 0.6 is 0 Å². The normalized spacial score (nSPS) is 10.3. The zero-order chi connectivity index (χ0) is 14.4. The Balaban J connectivity index is 2.01. The smallest absolute Gasteiger partial charge is 0.163 e. The van der Waals surface area contributed by atoms with Crippen LogP contribution in [-0.2, 0) is 12.8 Å². The van der Waals surface area contributed by atoms with Crippen LogP contribution in [0.15, 0.2) is 42.5 Å². The summed E-state index contributed by atoms with van der Waals surface area (Å²) in [4.78, 5) is 0. The quantitative estimate of drug-likeness (QED) is 0.873. The molecule has 0 fully saturated rings. The molecular weight excluding hydrogens is 252 g/mol. The van der Waals surface area contributed by atoms with Crippen LogP contribution < -0.4 is 9.47 Å². The molecule has 0 heterocycles. The van der Waals surface area contributed by atoms with Crippen LogP contribution in [0.2, 0.25) is 0 Å². The second-order valence-corrected chi connectivity index (χ2v) is 4.68. The molecule has 0 aliphatic heterocycles. The Bertz CT molecular complexity index is 564. The fraction of sp³-hybridized carbons (Fsp3) is 0.294. The predicted molar refractivity (Wildman–Crippen MR) is 79.7 cm³/mol. The molecule has 0 aliphatic carbocycles. The third-order valence-corrected chi connectivity index (χ3v) is 3.31. The molecule has 0 spiro atoms. The summed E-state index contributed by atoms with van der Waals surface area (Å²) in [5, 5.41) is 9.44. The predicted octanol–water partition coefficient (Wildman–Crippen LogP) is 3.58. The maximum Gasteiger partial charge on any atom is 0.163 e. The van der Waals surface area contributed by atoms with Gasteiger partial charge in [-0.2, -0.15) is 0 Å². The van der Waals surface area contributed by atoms with Gasteiger partial charge in [-0.1, -0.05) is 24.3 Å². The molecule has 0 aliphatic rings. The summed E-state index contributed by atoms with van der Waals surface area (Å²) >= 11 is 0. The van der Waals surface area contributed by atoms with Crippen LogP contribution in [0.25, 0.3) is 0 Å². The highest BCUT2D eigenvalue weighted by Crippen LogP contribution is 2.31. The molecule has 0 atom stereocenters. The maximum atomic E-state index is 9.44. The van der Waals surface area contributed by atoms with Crippen LogP contribution in [0.5, 0.6) is 17.2 Å². The second kappa shape index (κ2) is 6.85. The molecule has 1 N–H and O–H groups in total. The SMILES string of the molecule is COc1cccc(CCCc2cccc(O)c2)c1OC. The number of benzene rings is 2. The number of para-hydroxylation sites is 1. The van der Waals surface area contributed by atoms with Crippen LogP contribution in [0.1, 0.15) is 17.5 Å². The number of aryl methyl sites for hydroxylation is 2. The van der Waals surface area contributed by atoms with Crippen molar-refractivity contribution in [3.63, 3.8) is 0 Å². The van der Waals surface area contributed by atoms with Gasteiger partial charge in [0.05, 0.1) is 14.2 Å². The molecule has 3 heteroatoms. The Morgan fingerprint density at radius 1 is 0.950 bits per heavy atom. The van der Waals surface area contributed by atoms with Crippen LogP contribution in [0.4, 0.5) is 0 Å². The first-order valence-electron chi connectivity index (χ1n) is 6.72. The van der Waals surface area contributed by atoms with Crippen molar-refractivity contribution in [2.75, 3.05) is 14.2 Å². The van der Waals surface area contributed by atoms with E-state index < -0.39 is 0 Å². The molecular formula is C17H20O3. The molecule has 20 heavy (non-hydrogen) atoms. The largest absolute Gasteiger partial charge is 0.508 e. The number of phenolic OH excluding ortho intramolecular Hbond substituents is 1. The summed E-state index contributed by atoms with van der Waals surface area (Å²) in [5.41, 5.74) is 2.29. The number of rotatable bonds is 6. The van der Waals surface area contributed by atoms with Crippen molar-refractivity contribution in [1.29, 1.82) is 0 Å². The summed E-state index contributed by atoms with van der Waals surface area (Å²) in [5.74, 6) is 1.90. The monoisotopic (exact) mass is 272 g/mol. The van der Waals surface area contributed by atoms with Gasteiger partial charge >= 0.3 is 0 Å². The highest BCUT2D eigenvalue weighted by Gasteiger charge is 2.08. The fourth-order valence-electron chi connectivity index (χ4n) is 2.35. The van der Waals surface area contributed by atoms with Crippen molar-refractivity contribution in [3.8, 4) is 17.2 Å². The lowest BCUT2D eigenvalue weighted by atomic mass is 10.0. The van der Waals surface area contributed by atoms with E-state index in [0.717, 1.165) is 41.9 Å². The van der Waals surface area contributed by atoms with Crippen molar-refractivity contribution in [1.82, 2.24) is 0 Å². The molecule has 3 nitrogen and oxygen atoms in total. The minimum Gasteiger partial charge on any atom is -0.508 e. The minimum atomic E-state index is 0.321. The number of phenols is 1. The molecule has 0 unspecified atom stereocenters. The van der Waals surface area contributed by atoms with E-state index in [-0.39, 0.29) is 0 Å². The molecule has 0 aromatic heterocycles. The number of hydrogen-bond acceptors (Lipinski definition) is 3. The average Bonchev–Trinajstić information content (AvgIpc) is 2.47. The molecule has 2 rings (SSSR count). The van der Waals surface area contributed by atoms with E-state index in [1.54, 1.807) is 20.3 Å². The van der Waals surface area contributed by atoms with Gasteiger partial charge < -0.3 is 14.6 Å². The van der Waals surface area contributed by atoms with Crippen molar-refractivity contribution < 1.29 is 14.6 Å². The fourth-order valence-corrected chi connectivity index (χ4v) is 2.35. The number of hydrogen-bond donors (Lipinski definition) is 1. The lowest BCUT2D eigenvalue weighted by Crippen LogP contribution is -1.97. The number of methoxy groups -OCH3 is 2. The molecule has 106 valence electrons. The molecule has 0 amide bonds. The van der Waals surface area contributed by atoms with Gasteiger partial charge in [-0.25, -0.2) is 0 Å². The lowest BCUT2D eigenvalue weighted by molar-refractivity contribution is 0.351. The summed E-state index contributed by atoms with van der Waals surface area (Å²) in [6.45, 7) is 0.